The number of para-hydroxylation sites is 2. The van der Waals surface area contributed by atoms with Crippen LogP contribution >= 0.6 is 11.3 Å². The van der Waals surface area contributed by atoms with Gasteiger partial charge in [0.25, 0.3) is 10.0 Å². The Morgan fingerprint density at radius 3 is 2.71 bits per heavy atom. The van der Waals surface area contributed by atoms with Crippen LogP contribution in [0.5, 0.6) is 0 Å². The van der Waals surface area contributed by atoms with E-state index in [0.717, 1.165) is 20.5 Å². The smallest absolute Gasteiger partial charge is 0.408 e. The Hall–Kier alpha value is -2.43. The van der Waals surface area contributed by atoms with E-state index in [-0.39, 0.29) is 23.1 Å². The first-order chi connectivity index (χ1) is 13.3. The summed E-state index contributed by atoms with van der Waals surface area (Å²) in [5.41, 5.74) is 1.24. The van der Waals surface area contributed by atoms with Crippen molar-refractivity contribution in [1.82, 2.24) is 14.2 Å². The van der Waals surface area contributed by atoms with Crippen molar-refractivity contribution >= 4 is 38.4 Å². The van der Waals surface area contributed by atoms with Gasteiger partial charge in [0, 0.05) is 31.9 Å². The van der Waals surface area contributed by atoms with Gasteiger partial charge in [0.2, 0.25) is 5.91 Å². The van der Waals surface area contributed by atoms with Crippen LogP contribution in [-0.2, 0) is 27.9 Å². The van der Waals surface area contributed by atoms with Crippen molar-refractivity contribution in [2.45, 2.75) is 30.1 Å². The lowest BCUT2D eigenvalue weighted by Crippen LogP contribution is -2.23. The minimum absolute atomic E-state index is 0.161. The van der Waals surface area contributed by atoms with Crippen molar-refractivity contribution in [2.24, 2.45) is 0 Å². The summed E-state index contributed by atoms with van der Waals surface area (Å²) in [6.45, 7) is 0.647. The maximum absolute atomic E-state index is 12.1. The summed E-state index contributed by atoms with van der Waals surface area (Å²) in [6.07, 6.45) is 0.736. The number of hydrogen-bond acceptors (Lipinski definition) is 6. The first kappa shape index (κ1) is 20.3. The molecule has 0 atom stereocenters. The Kier molecular flexibility index (Phi) is 6.01. The maximum Gasteiger partial charge on any atom is 0.419 e. The van der Waals surface area contributed by atoms with Gasteiger partial charge in [-0.3, -0.25) is 9.36 Å². The van der Waals surface area contributed by atoms with E-state index in [1.54, 1.807) is 24.3 Å². The maximum atomic E-state index is 12.1. The molecule has 0 bridgehead atoms. The summed E-state index contributed by atoms with van der Waals surface area (Å²) in [5.74, 6) is -0.596. The van der Waals surface area contributed by atoms with E-state index in [4.69, 9.17) is 4.42 Å². The normalized spacial score (nSPS) is 12.0. The van der Waals surface area contributed by atoms with Gasteiger partial charge in [-0.2, -0.15) is 0 Å². The first-order valence-corrected chi connectivity index (χ1v) is 10.9. The van der Waals surface area contributed by atoms with Crippen LogP contribution in [-0.4, -0.2) is 37.3 Å². The molecule has 0 aliphatic carbocycles. The van der Waals surface area contributed by atoms with E-state index in [0.29, 0.717) is 24.1 Å². The zero-order valence-corrected chi connectivity index (χ0v) is 17.2. The average Bonchev–Trinajstić information content (AvgIpc) is 3.25. The fraction of sp³-hybridized carbons (Fsp3) is 0.333. The van der Waals surface area contributed by atoms with Gasteiger partial charge in [-0.05, 0) is 30.7 Å². The van der Waals surface area contributed by atoms with E-state index in [2.05, 4.69) is 5.32 Å². The Bertz CT molecular complexity index is 1140. The molecule has 0 saturated heterocycles. The zero-order chi connectivity index (χ0) is 20.3. The highest BCUT2D eigenvalue weighted by atomic mass is 32.2. The SMILES string of the molecule is CN(C)S(=O)(=O)c1ccc(CNC(=O)CCCn2c(=O)oc3ccccc32)s1. The molecule has 0 aliphatic heterocycles. The Morgan fingerprint density at radius 2 is 1.96 bits per heavy atom. The Labute approximate surface area is 166 Å². The second-order valence-electron chi connectivity index (χ2n) is 6.38. The summed E-state index contributed by atoms with van der Waals surface area (Å²) in [5, 5.41) is 2.78. The van der Waals surface area contributed by atoms with Crippen LogP contribution in [0.1, 0.15) is 17.7 Å². The molecular weight excluding hydrogens is 402 g/mol. The monoisotopic (exact) mass is 423 g/mol. The number of amides is 1. The number of nitrogens with zero attached hydrogens (tertiary/aromatic N) is 2. The third-order valence-electron chi connectivity index (χ3n) is 4.19. The predicted molar refractivity (Wildman–Crippen MR) is 107 cm³/mol. The standard InChI is InChI=1S/C18H21N3O5S2/c1-20(2)28(24,25)17-10-9-13(27-17)12-19-16(22)8-5-11-21-14-6-3-4-7-15(14)26-18(21)23/h3-4,6-7,9-10H,5,8,11-12H2,1-2H3,(H,19,22). The predicted octanol–water partition coefficient (Wildman–Crippen LogP) is 2.00. The molecule has 1 N–H and O–H groups in total. The van der Waals surface area contributed by atoms with E-state index in [9.17, 15) is 18.0 Å². The number of carbonyl (C=O) groups excluding carboxylic acids is 1. The number of nitrogens with one attached hydrogen (secondary N) is 1. The Balaban J connectivity index is 1.51. The number of hydrogen-bond donors (Lipinski definition) is 1. The van der Waals surface area contributed by atoms with Gasteiger partial charge in [0.05, 0.1) is 12.1 Å². The number of oxazole rings is 1. The van der Waals surface area contributed by atoms with Crippen molar-refractivity contribution in [3.05, 3.63) is 51.8 Å². The molecule has 0 fully saturated rings. The number of sulfonamides is 1. The van der Waals surface area contributed by atoms with E-state index in [1.165, 1.54) is 24.7 Å². The first-order valence-electron chi connectivity index (χ1n) is 8.65. The molecule has 0 unspecified atom stereocenters. The number of aromatic nitrogens is 1. The number of aryl methyl sites for hydroxylation is 1. The van der Waals surface area contributed by atoms with Crippen LogP contribution in [0.3, 0.4) is 0 Å². The number of rotatable bonds is 8. The van der Waals surface area contributed by atoms with Gasteiger partial charge >= 0.3 is 5.76 Å². The zero-order valence-electron chi connectivity index (χ0n) is 15.5. The largest absolute Gasteiger partial charge is 0.419 e. The van der Waals surface area contributed by atoms with Crippen LogP contribution < -0.4 is 11.1 Å². The summed E-state index contributed by atoms with van der Waals surface area (Å²) >= 11 is 1.13. The van der Waals surface area contributed by atoms with Gasteiger partial charge < -0.3 is 9.73 Å². The van der Waals surface area contributed by atoms with Crippen molar-refractivity contribution in [1.29, 1.82) is 0 Å². The van der Waals surface area contributed by atoms with E-state index in [1.807, 2.05) is 6.07 Å². The van der Waals surface area contributed by atoms with Crippen LogP contribution in [0.4, 0.5) is 0 Å². The van der Waals surface area contributed by atoms with Crippen LogP contribution in [0.2, 0.25) is 0 Å². The molecule has 0 radical (unpaired) electrons. The molecule has 150 valence electrons. The summed E-state index contributed by atoms with van der Waals surface area (Å²) in [4.78, 5) is 24.7. The molecule has 0 aliphatic rings. The molecule has 8 nitrogen and oxygen atoms in total. The van der Waals surface area contributed by atoms with Gasteiger partial charge in [0.1, 0.15) is 4.21 Å². The lowest BCUT2D eigenvalue weighted by Gasteiger charge is -2.08. The molecular formula is C18H21N3O5S2. The lowest BCUT2D eigenvalue weighted by molar-refractivity contribution is -0.121. The molecule has 2 heterocycles. The van der Waals surface area contributed by atoms with Crippen LogP contribution in [0.15, 0.2) is 49.8 Å². The highest BCUT2D eigenvalue weighted by molar-refractivity contribution is 7.91. The lowest BCUT2D eigenvalue weighted by atomic mass is 10.2. The minimum Gasteiger partial charge on any atom is -0.408 e. The molecule has 10 heteroatoms. The van der Waals surface area contributed by atoms with Gasteiger partial charge in [-0.1, -0.05) is 12.1 Å². The highest BCUT2D eigenvalue weighted by Crippen LogP contribution is 2.23. The quantitative estimate of drug-likeness (QED) is 0.597. The van der Waals surface area contributed by atoms with E-state index >= 15 is 0 Å². The molecule has 1 aromatic carbocycles. The fourth-order valence-electron chi connectivity index (χ4n) is 2.67. The van der Waals surface area contributed by atoms with Crippen molar-refractivity contribution in [3.63, 3.8) is 0 Å². The second-order valence-corrected chi connectivity index (χ2v) is 9.92. The fourth-order valence-corrected chi connectivity index (χ4v) is 5.13. The second kappa shape index (κ2) is 8.29. The third-order valence-corrected chi connectivity index (χ3v) is 7.56. The highest BCUT2D eigenvalue weighted by Gasteiger charge is 2.19. The number of carbonyl (C=O) groups is 1. The molecule has 0 saturated carbocycles. The molecule has 28 heavy (non-hydrogen) atoms. The average molecular weight is 424 g/mol. The molecule has 2 aromatic heterocycles. The van der Waals surface area contributed by atoms with E-state index < -0.39 is 15.8 Å². The van der Waals surface area contributed by atoms with Crippen molar-refractivity contribution in [2.75, 3.05) is 14.1 Å². The molecule has 3 aromatic rings. The third kappa shape index (κ3) is 4.34. The van der Waals surface area contributed by atoms with Crippen molar-refractivity contribution < 1.29 is 17.6 Å². The molecule has 1 amide bonds. The van der Waals surface area contributed by atoms with Crippen molar-refractivity contribution in [3.8, 4) is 0 Å². The van der Waals surface area contributed by atoms with Gasteiger partial charge in [-0.25, -0.2) is 17.5 Å². The van der Waals surface area contributed by atoms with Gasteiger partial charge in [-0.15, -0.1) is 11.3 Å². The summed E-state index contributed by atoms with van der Waals surface area (Å²) < 4.78 is 32.2. The van der Waals surface area contributed by atoms with Crippen LogP contribution in [0, 0.1) is 0 Å². The number of fused-ring (bicyclic) bond motifs is 1. The minimum atomic E-state index is -3.46. The topological polar surface area (TPSA) is 102 Å². The Morgan fingerprint density at radius 1 is 1.21 bits per heavy atom. The van der Waals surface area contributed by atoms with Crippen LogP contribution in [0.25, 0.3) is 11.1 Å². The number of benzene rings is 1. The summed E-state index contributed by atoms with van der Waals surface area (Å²) in [6, 6.07) is 10.4. The van der Waals surface area contributed by atoms with Gasteiger partial charge in [0.15, 0.2) is 5.58 Å². The molecule has 0 spiro atoms. The number of thiophene rings is 1. The molecule has 3 rings (SSSR count). The summed E-state index contributed by atoms with van der Waals surface area (Å²) in [7, 11) is -0.504.